The number of carbonyl (C=O) groups excluding carboxylic acids is 1. The van der Waals surface area contributed by atoms with Crippen LogP contribution in [0.1, 0.15) is 33.0 Å². The Bertz CT molecular complexity index is 1000. The van der Waals surface area contributed by atoms with E-state index in [1.54, 1.807) is 6.07 Å². The lowest BCUT2D eigenvalue weighted by molar-refractivity contribution is 0.0945. The Labute approximate surface area is 169 Å². The number of carbonyl (C=O) groups is 1. The van der Waals surface area contributed by atoms with Crippen LogP contribution in [-0.2, 0) is 19.5 Å². The molecular formula is C22H21ClN4O. The van der Waals surface area contributed by atoms with E-state index in [1.807, 2.05) is 31.2 Å². The lowest BCUT2D eigenvalue weighted by atomic mass is 10.00. The molecule has 2 aromatic carbocycles. The number of hydrogen-bond donors (Lipinski definition) is 1. The molecule has 0 saturated carbocycles. The van der Waals surface area contributed by atoms with Gasteiger partial charge in [-0.15, -0.1) is 0 Å². The van der Waals surface area contributed by atoms with E-state index in [9.17, 15) is 4.79 Å². The van der Waals surface area contributed by atoms with Gasteiger partial charge in [0.15, 0.2) is 0 Å². The van der Waals surface area contributed by atoms with E-state index >= 15 is 0 Å². The Balaban J connectivity index is 1.49. The predicted molar refractivity (Wildman–Crippen MR) is 111 cm³/mol. The third-order valence-corrected chi connectivity index (χ3v) is 5.13. The maximum absolute atomic E-state index is 12.6. The highest BCUT2D eigenvalue weighted by atomic mass is 35.5. The number of aryl methyl sites for hydroxylation is 1. The number of nitrogens with one attached hydrogen (secondary N) is 1. The summed E-state index contributed by atoms with van der Waals surface area (Å²) >= 11 is 5.90. The molecule has 3 aromatic rings. The number of aromatic nitrogens is 2. The second kappa shape index (κ2) is 7.98. The average Bonchev–Trinajstić information content (AvgIpc) is 2.72. The number of anilines is 1. The molecule has 0 saturated heterocycles. The van der Waals surface area contributed by atoms with E-state index in [0.717, 1.165) is 30.9 Å². The Hall–Kier alpha value is -2.92. The number of nitrogens with zero attached hydrogens (tertiary/aromatic N) is 3. The first kappa shape index (κ1) is 18.4. The molecule has 0 radical (unpaired) electrons. The zero-order chi connectivity index (χ0) is 19.5. The van der Waals surface area contributed by atoms with Crippen LogP contribution < -0.4 is 10.2 Å². The van der Waals surface area contributed by atoms with Crippen molar-refractivity contribution in [3.63, 3.8) is 0 Å². The first-order valence-electron chi connectivity index (χ1n) is 9.28. The summed E-state index contributed by atoms with van der Waals surface area (Å²) in [5.74, 6) is 1.17. The Kier molecular flexibility index (Phi) is 5.26. The number of halogens is 1. The third kappa shape index (κ3) is 4.15. The van der Waals surface area contributed by atoms with Gasteiger partial charge >= 0.3 is 0 Å². The zero-order valence-corrected chi connectivity index (χ0v) is 16.4. The summed E-state index contributed by atoms with van der Waals surface area (Å²) in [5, 5.41) is 3.59. The number of rotatable bonds is 4. The summed E-state index contributed by atoms with van der Waals surface area (Å²) in [5.41, 5.74) is 4.05. The van der Waals surface area contributed by atoms with Gasteiger partial charge in [0, 0.05) is 30.7 Å². The van der Waals surface area contributed by atoms with E-state index in [4.69, 9.17) is 11.6 Å². The highest BCUT2D eigenvalue weighted by molar-refractivity contribution is 6.30. The fraction of sp³-hybridized carbons (Fsp3) is 0.227. The summed E-state index contributed by atoms with van der Waals surface area (Å²) in [6.07, 6.45) is 0.970. The normalized spacial score (nSPS) is 13.1. The first-order chi connectivity index (χ1) is 13.6. The fourth-order valence-corrected chi connectivity index (χ4v) is 3.52. The van der Waals surface area contributed by atoms with Crippen molar-refractivity contribution >= 4 is 23.3 Å². The minimum absolute atomic E-state index is 0.209. The van der Waals surface area contributed by atoms with Crippen LogP contribution in [0.2, 0.25) is 5.02 Å². The summed E-state index contributed by atoms with van der Waals surface area (Å²) in [6, 6.07) is 17.6. The molecule has 1 amide bonds. The molecule has 2 heterocycles. The molecule has 0 bridgehead atoms. The molecule has 0 aliphatic carbocycles. The van der Waals surface area contributed by atoms with E-state index in [1.165, 1.54) is 11.1 Å². The maximum Gasteiger partial charge on any atom is 0.270 e. The monoisotopic (exact) mass is 392 g/mol. The minimum atomic E-state index is -0.209. The van der Waals surface area contributed by atoms with Crippen molar-refractivity contribution < 1.29 is 4.79 Å². The standard InChI is InChI=1S/C22H21ClN4O/c1-15-25-20(22(28)24-13-16-6-8-19(23)9-7-16)12-21(26-15)27-11-10-17-4-2-3-5-18(17)14-27/h2-9,12H,10-11,13-14H2,1H3,(H,24,28). The van der Waals surface area contributed by atoms with Crippen LogP contribution in [0.4, 0.5) is 5.82 Å². The number of benzene rings is 2. The van der Waals surface area contributed by atoms with Crippen molar-refractivity contribution in [2.24, 2.45) is 0 Å². The molecule has 5 nitrogen and oxygen atoms in total. The molecule has 0 spiro atoms. The van der Waals surface area contributed by atoms with Crippen molar-refractivity contribution in [2.45, 2.75) is 26.4 Å². The van der Waals surface area contributed by atoms with Crippen molar-refractivity contribution in [3.8, 4) is 0 Å². The van der Waals surface area contributed by atoms with Gasteiger partial charge in [-0.1, -0.05) is 48.0 Å². The van der Waals surface area contributed by atoms with Gasteiger partial charge in [0.25, 0.3) is 5.91 Å². The van der Waals surface area contributed by atoms with Gasteiger partial charge in [0.1, 0.15) is 17.3 Å². The van der Waals surface area contributed by atoms with Gasteiger partial charge in [-0.3, -0.25) is 4.79 Å². The number of hydrogen-bond acceptors (Lipinski definition) is 4. The summed E-state index contributed by atoms with van der Waals surface area (Å²) in [7, 11) is 0. The predicted octanol–water partition coefficient (Wildman–Crippen LogP) is 3.93. The largest absolute Gasteiger partial charge is 0.352 e. The highest BCUT2D eigenvalue weighted by Gasteiger charge is 2.19. The second-order valence-electron chi connectivity index (χ2n) is 6.91. The first-order valence-corrected chi connectivity index (χ1v) is 9.66. The Morgan fingerprint density at radius 3 is 2.64 bits per heavy atom. The molecule has 142 valence electrons. The van der Waals surface area contributed by atoms with Crippen LogP contribution in [0.15, 0.2) is 54.6 Å². The van der Waals surface area contributed by atoms with Gasteiger partial charge in [0.2, 0.25) is 0 Å². The molecule has 1 aromatic heterocycles. The molecule has 4 rings (SSSR count). The SMILES string of the molecule is Cc1nc(C(=O)NCc2ccc(Cl)cc2)cc(N2CCc3ccccc3C2)n1. The molecule has 0 fully saturated rings. The molecule has 0 unspecified atom stereocenters. The van der Waals surface area contributed by atoms with Crippen LogP contribution in [0.3, 0.4) is 0 Å². The second-order valence-corrected chi connectivity index (χ2v) is 7.34. The van der Waals surface area contributed by atoms with Gasteiger partial charge < -0.3 is 10.2 Å². The molecule has 1 N–H and O–H groups in total. The van der Waals surface area contributed by atoms with Gasteiger partial charge in [-0.25, -0.2) is 9.97 Å². The molecule has 6 heteroatoms. The summed E-state index contributed by atoms with van der Waals surface area (Å²) in [4.78, 5) is 23.7. The van der Waals surface area contributed by atoms with Crippen molar-refractivity contribution in [3.05, 3.63) is 87.8 Å². The fourth-order valence-electron chi connectivity index (χ4n) is 3.40. The third-order valence-electron chi connectivity index (χ3n) is 4.88. The van der Waals surface area contributed by atoms with Crippen LogP contribution >= 0.6 is 11.6 Å². The maximum atomic E-state index is 12.6. The quantitative estimate of drug-likeness (QED) is 0.730. The lowest BCUT2D eigenvalue weighted by Crippen LogP contribution is -2.32. The topological polar surface area (TPSA) is 58.1 Å². The Morgan fingerprint density at radius 2 is 1.86 bits per heavy atom. The smallest absolute Gasteiger partial charge is 0.270 e. The number of amides is 1. The minimum Gasteiger partial charge on any atom is -0.352 e. The zero-order valence-electron chi connectivity index (χ0n) is 15.7. The van der Waals surface area contributed by atoms with Crippen molar-refractivity contribution in [1.29, 1.82) is 0 Å². The van der Waals surface area contributed by atoms with Gasteiger partial charge in [-0.2, -0.15) is 0 Å². The summed E-state index contributed by atoms with van der Waals surface area (Å²) in [6.45, 7) is 3.90. The van der Waals surface area contributed by atoms with Crippen LogP contribution in [0.5, 0.6) is 0 Å². The van der Waals surface area contributed by atoms with E-state index in [-0.39, 0.29) is 5.91 Å². The van der Waals surface area contributed by atoms with Crippen molar-refractivity contribution in [1.82, 2.24) is 15.3 Å². The number of fused-ring (bicyclic) bond motifs is 1. The molecule has 28 heavy (non-hydrogen) atoms. The van der Waals surface area contributed by atoms with E-state index < -0.39 is 0 Å². The van der Waals surface area contributed by atoms with Crippen LogP contribution in [0, 0.1) is 6.92 Å². The Morgan fingerprint density at radius 1 is 1.11 bits per heavy atom. The molecule has 1 aliphatic rings. The van der Waals surface area contributed by atoms with E-state index in [2.05, 4.69) is 44.5 Å². The van der Waals surface area contributed by atoms with Gasteiger partial charge in [-0.05, 0) is 42.2 Å². The van der Waals surface area contributed by atoms with Gasteiger partial charge in [0.05, 0.1) is 0 Å². The molecular weight excluding hydrogens is 372 g/mol. The lowest BCUT2D eigenvalue weighted by Gasteiger charge is -2.30. The summed E-state index contributed by atoms with van der Waals surface area (Å²) < 4.78 is 0. The highest BCUT2D eigenvalue weighted by Crippen LogP contribution is 2.23. The molecule has 1 aliphatic heterocycles. The van der Waals surface area contributed by atoms with E-state index in [0.29, 0.717) is 23.1 Å². The van der Waals surface area contributed by atoms with Crippen LogP contribution in [-0.4, -0.2) is 22.4 Å². The average molecular weight is 393 g/mol. The molecule has 0 atom stereocenters. The van der Waals surface area contributed by atoms with Crippen molar-refractivity contribution in [2.75, 3.05) is 11.4 Å². The van der Waals surface area contributed by atoms with Crippen LogP contribution in [0.25, 0.3) is 0 Å².